The third-order valence-corrected chi connectivity index (χ3v) is 8.10. The number of anilines is 1. The predicted molar refractivity (Wildman–Crippen MR) is 119 cm³/mol. The van der Waals surface area contributed by atoms with Crippen molar-refractivity contribution in [2.45, 2.75) is 35.3 Å². The summed E-state index contributed by atoms with van der Waals surface area (Å²) >= 11 is 7.95. The number of rotatable bonds is 3. The summed E-state index contributed by atoms with van der Waals surface area (Å²) in [6.45, 7) is 2.26. The maximum absolute atomic E-state index is 14.1. The van der Waals surface area contributed by atoms with Gasteiger partial charge in [0.15, 0.2) is 11.5 Å². The minimum absolute atomic E-state index is 0.146. The van der Waals surface area contributed by atoms with Gasteiger partial charge in [0.25, 0.3) is 0 Å². The molecule has 6 heterocycles. The fourth-order valence-corrected chi connectivity index (χ4v) is 5.87. The van der Waals surface area contributed by atoms with Crippen LogP contribution >= 0.6 is 23.4 Å². The molecule has 0 saturated carbocycles. The van der Waals surface area contributed by atoms with Crippen LogP contribution in [0.5, 0.6) is 0 Å². The predicted octanol–water partition coefficient (Wildman–Crippen LogP) is 3.56. The first kappa shape index (κ1) is 20.0. The first-order valence-corrected chi connectivity index (χ1v) is 11.6. The number of hydrogen-bond acceptors (Lipinski definition) is 7. The molecule has 8 nitrogen and oxygen atoms in total. The molecule has 0 unspecified atom stereocenters. The molecular weight excluding hydrogens is 451 g/mol. The molecule has 1 saturated heterocycles. The average molecular weight is 471 g/mol. The Morgan fingerprint density at radius 3 is 2.72 bits per heavy atom. The number of halogens is 2. The zero-order valence-electron chi connectivity index (χ0n) is 17.0. The normalized spacial score (nSPS) is 19.7. The molecule has 1 atom stereocenters. The monoisotopic (exact) mass is 470 g/mol. The van der Waals surface area contributed by atoms with E-state index in [4.69, 9.17) is 17.3 Å². The molecule has 2 N–H and O–H groups in total. The highest BCUT2D eigenvalue weighted by molar-refractivity contribution is 7.99. The van der Waals surface area contributed by atoms with Gasteiger partial charge in [0.1, 0.15) is 10.8 Å². The van der Waals surface area contributed by atoms with Crippen LogP contribution in [-0.4, -0.2) is 42.2 Å². The average Bonchev–Trinajstić information content (AvgIpc) is 3.49. The number of aromatic nitrogens is 6. The Bertz CT molecular complexity index is 1300. The molecule has 32 heavy (non-hydrogen) atoms. The van der Waals surface area contributed by atoms with Gasteiger partial charge in [-0.3, -0.25) is 4.68 Å². The van der Waals surface area contributed by atoms with Crippen molar-refractivity contribution in [3.63, 3.8) is 0 Å². The highest BCUT2D eigenvalue weighted by Gasteiger charge is 2.48. The van der Waals surface area contributed by atoms with Gasteiger partial charge >= 0.3 is 0 Å². The minimum Gasteiger partial charge on any atom is -0.355 e. The van der Waals surface area contributed by atoms with Gasteiger partial charge < -0.3 is 15.0 Å². The summed E-state index contributed by atoms with van der Waals surface area (Å²) < 4.78 is 17.7. The molecular formula is C21H20ClFN8S. The number of piperidine rings is 1. The second-order valence-corrected chi connectivity index (χ2v) is 9.77. The standard InChI is InChI=1S/C21H20ClFN8S/c22-17-14(1-5-30-8-4-25-20(17)30)32-16-11-26-15(10-27-16)29-6-2-21(3-7-29)12-31-18(19(21)24)13(23)9-28-31/h1,4-5,8-11,19H,2-3,6-7,12,24H2/t19-/m1/s1. The lowest BCUT2D eigenvalue weighted by atomic mass is 9.73. The van der Waals surface area contributed by atoms with Crippen LogP contribution in [0.1, 0.15) is 24.6 Å². The molecule has 2 aliphatic rings. The van der Waals surface area contributed by atoms with Crippen molar-refractivity contribution in [3.05, 3.63) is 59.8 Å². The van der Waals surface area contributed by atoms with Gasteiger partial charge in [-0.1, -0.05) is 23.4 Å². The molecule has 0 aliphatic carbocycles. The Labute approximate surface area is 192 Å². The Morgan fingerprint density at radius 2 is 1.97 bits per heavy atom. The van der Waals surface area contributed by atoms with Gasteiger partial charge in [0.2, 0.25) is 0 Å². The van der Waals surface area contributed by atoms with E-state index in [-0.39, 0.29) is 17.3 Å². The van der Waals surface area contributed by atoms with E-state index < -0.39 is 0 Å². The zero-order chi connectivity index (χ0) is 21.9. The van der Waals surface area contributed by atoms with E-state index in [0.29, 0.717) is 17.3 Å². The summed E-state index contributed by atoms with van der Waals surface area (Å²) in [4.78, 5) is 16.6. The molecule has 0 bridgehead atoms. The van der Waals surface area contributed by atoms with Crippen LogP contribution in [0.2, 0.25) is 5.02 Å². The van der Waals surface area contributed by atoms with Crippen molar-refractivity contribution in [2.75, 3.05) is 18.0 Å². The number of nitrogens with two attached hydrogens (primary N) is 1. The van der Waals surface area contributed by atoms with E-state index >= 15 is 0 Å². The third-order valence-electron chi connectivity index (χ3n) is 6.63. The van der Waals surface area contributed by atoms with Crippen LogP contribution in [0.15, 0.2) is 53.2 Å². The largest absolute Gasteiger partial charge is 0.355 e. The Balaban J connectivity index is 1.14. The van der Waals surface area contributed by atoms with Gasteiger partial charge in [0.05, 0.1) is 35.3 Å². The first-order chi connectivity index (χ1) is 15.5. The molecule has 6 rings (SSSR count). The lowest BCUT2D eigenvalue weighted by Crippen LogP contribution is -2.45. The van der Waals surface area contributed by atoms with Crippen molar-refractivity contribution in [1.82, 2.24) is 29.1 Å². The molecule has 1 fully saturated rings. The fraction of sp³-hybridized carbons (Fsp3) is 0.333. The summed E-state index contributed by atoms with van der Waals surface area (Å²) in [6.07, 6.45) is 12.0. The van der Waals surface area contributed by atoms with Crippen molar-refractivity contribution in [1.29, 1.82) is 0 Å². The maximum atomic E-state index is 14.1. The second kappa shape index (κ2) is 7.43. The lowest BCUT2D eigenvalue weighted by Gasteiger charge is -2.41. The number of hydrogen-bond donors (Lipinski definition) is 1. The van der Waals surface area contributed by atoms with Crippen molar-refractivity contribution in [3.8, 4) is 0 Å². The summed E-state index contributed by atoms with van der Waals surface area (Å²) in [5, 5.41) is 5.51. The Kier molecular flexibility index (Phi) is 4.63. The highest BCUT2D eigenvalue weighted by Crippen LogP contribution is 2.48. The van der Waals surface area contributed by atoms with Gasteiger partial charge in [-0.25, -0.2) is 19.3 Å². The number of pyridine rings is 1. The quantitative estimate of drug-likeness (QED) is 0.489. The molecule has 0 aromatic carbocycles. The highest BCUT2D eigenvalue weighted by atomic mass is 35.5. The molecule has 0 radical (unpaired) electrons. The van der Waals surface area contributed by atoms with Crippen LogP contribution in [0, 0.1) is 11.2 Å². The van der Waals surface area contributed by atoms with Crippen molar-refractivity contribution < 1.29 is 4.39 Å². The summed E-state index contributed by atoms with van der Waals surface area (Å²) in [6, 6.07) is 1.62. The van der Waals surface area contributed by atoms with Crippen LogP contribution in [0.25, 0.3) is 5.65 Å². The number of imidazole rings is 1. The van der Waals surface area contributed by atoms with Gasteiger partial charge in [-0.2, -0.15) is 5.10 Å². The zero-order valence-corrected chi connectivity index (χ0v) is 18.6. The first-order valence-electron chi connectivity index (χ1n) is 10.4. The summed E-state index contributed by atoms with van der Waals surface area (Å²) in [5.41, 5.74) is 7.56. The van der Waals surface area contributed by atoms with E-state index in [0.717, 1.165) is 47.3 Å². The molecule has 1 spiro atoms. The van der Waals surface area contributed by atoms with E-state index in [1.165, 1.54) is 18.0 Å². The van der Waals surface area contributed by atoms with E-state index in [9.17, 15) is 4.39 Å². The molecule has 0 amide bonds. The maximum Gasteiger partial charge on any atom is 0.165 e. The van der Waals surface area contributed by atoms with Crippen molar-refractivity contribution >= 4 is 34.8 Å². The van der Waals surface area contributed by atoms with Gasteiger partial charge in [0, 0.05) is 48.5 Å². The fourth-order valence-electron chi connectivity index (χ4n) is 4.80. The molecule has 4 aromatic rings. The van der Waals surface area contributed by atoms with Gasteiger partial charge in [-0.05, 0) is 18.9 Å². The molecule has 164 valence electrons. The molecule has 4 aromatic heterocycles. The van der Waals surface area contributed by atoms with Gasteiger partial charge in [-0.15, -0.1) is 0 Å². The van der Waals surface area contributed by atoms with Crippen LogP contribution in [-0.2, 0) is 6.54 Å². The van der Waals surface area contributed by atoms with Crippen LogP contribution < -0.4 is 10.6 Å². The van der Waals surface area contributed by atoms with E-state index in [1.807, 2.05) is 22.9 Å². The van der Waals surface area contributed by atoms with E-state index in [1.54, 1.807) is 23.3 Å². The van der Waals surface area contributed by atoms with Crippen molar-refractivity contribution in [2.24, 2.45) is 11.1 Å². The number of fused-ring (bicyclic) bond motifs is 2. The Hall–Kier alpha value is -2.69. The second-order valence-electron chi connectivity index (χ2n) is 8.33. The lowest BCUT2D eigenvalue weighted by molar-refractivity contribution is 0.169. The Morgan fingerprint density at radius 1 is 1.12 bits per heavy atom. The van der Waals surface area contributed by atoms with E-state index in [2.05, 4.69) is 25.0 Å². The minimum atomic E-state index is -0.325. The van der Waals surface area contributed by atoms with Crippen LogP contribution in [0.3, 0.4) is 0 Å². The summed E-state index contributed by atoms with van der Waals surface area (Å²) in [7, 11) is 0. The smallest absolute Gasteiger partial charge is 0.165 e. The number of nitrogens with zero attached hydrogens (tertiary/aromatic N) is 7. The third kappa shape index (κ3) is 3.08. The topological polar surface area (TPSA) is 90.2 Å². The summed E-state index contributed by atoms with van der Waals surface area (Å²) in [5.74, 6) is 0.525. The molecule has 2 aliphatic heterocycles. The molecule has 11 heteroatoms. The van der Waals surface area contributed by atoms with Crippen LogP contribution in [0.4, 0.5) is 10.2 Å². The SMILES string of the molecule is N[C@@H]1c2c(F)cnn2CC12CCN(c1cnc(Sc3ccn4ccnc4c3Cl)cn1)CC2.